The Morgan fingerprint density at radius 1 is 1.22 bits per heavy atom. The van der Waals surface area contributed by atoms with Crippen LogP contribution in [0.5, 0.6) is 0 Å². The van der Waals surface area contributed by atoms with Gasteiger partial charge in [-0.3, -0.25) is 0 Å². The maximum Gasteiger partial charge on any atom is 0.225 e. The molecule has 1 aliphatic rings. The van der Waals surface area contributed by atoms with E-state index in [1.165, 1.54) is 38.8 Å². The van der Waals surface area contributed by atoms with Crippen molar-refractivity contribution in [2.24, 2.45) is 0 Å². The van der Waals surface area contributed by atoms with Gasteiger partial charge in [0.25, 0.3) is 0 Å². The highest BCUT2D eigenvalue weighted by molar-refractivity contribution is 9.10. The van der Waals surface area contributed by atoms with Crippen molar-refractivity contribution in [1.82, 2.24) is 14.9 Å². The minimum Gasteiger partial charge on any atom is -0.383 e. The number of anilines is 2. The summed E-state index contributed by atoms with van der Waals surface area (Å²) in [4.78, 5) is 10.9. The van der Waals surface area contributed by atoms with Crippen LogP contribution in [0.2, 0.25) is 0 Å². The van der Waals surface area contributed by atoms with E-state index in [-0.39, 0.29) is 0 Å². The molecule has 0 unspecified atom stereocenters. The second kappa shape index (κ2) is 6.89. The standard InChI is InChI=1S/C12H20BrN5/c13-10-9-11(14)17-12(16-10)15-5-8-18-6-3-1-2-4-7-18/h9H,1-8H2,(H3,14,15,16,17). The highest BCUT2D eigenvalue weighted by Crippen LogP contribution is 2.12. The van der Waals surface area contributed by atoms with Gasteiger partial charge < -0.3 is 16.0 Å². The van der Waals surface area contributed by atoms with Crippen molar-refractivity contribution in [2.75, 3.05) is 37.2 Å². The molecule has 1 aromatic heterocycles. The van der Waals surface area contributed by atoms with E-state index in [1.807, 2.05) is 0 Å². The van der Waals surface area contributed by atoms with E-state index >= 15 is 0 Å². The highest BCUT2D eigenvalue weighted by Gasteiger charge is 2.08. The molecule has 100 valence electrons. The molecule has 18 heavy (non-hydrogen) atoms. The van der Waals surface area contributed by atoms with E-state index in [9.17, 15) is 0 Å². The lowest BCUT2D eigenvalue weighted by atomic mass is 10.2. The molecule has 2 heterocycles. The van der Waals surface area contributed by atoms with Gasteiger partial charge in [0.1, 0.15) is 10.4 Å². The Morgan fingerprint density at radius 3 is 2.61 bits per heavy atom. The fourth-order valence-corrected chi connectivity index (χ4v) is 2.60. The zero-order chi connectivity index (χ0) is 12.8. The van der Waals surface area contributed by atoms with Gasteiger partial charge in [-0.05, 0) is 41.9 Å². The molecule has 0 amide bonds. The van der Waals surface area contributed by atoms with Crippen LogP contribution in [0.15, 0.2) is 10.7 Å². The van der Waals surface area contributed by atoms with Crippen molar-refractivity contribution < 1.29 is 0 Å². The Bertz CT molecular complexity index is 356. The molecular weight excluding hydrogens is 294 g/mol. The van der Waals surface area contributed by atoms with Crippen molar-refractivity contribution in [3.05, 3.63) is 10.7 Å². The first-order valence-electron chi connectivity index (χ1n) is 6.50. The second-order valence-electron chi connectivity index (χ2n) is 4.62. The van der Waals surface area contributed by atoms with Crippen molar-refractivity contribution in [3.63, 3.8) is 0 Å². The Balaban J connectivity index is 1.77. The molecule has 6 heteroatoms. The van der Waals surface area contributed by atoms with Crippen LogP contribution < -0.4 is 11.1 Å². The van der Waals surface area contributed by atoms with Crippen molar-refractivity contribution in [1.29, 1.82) is 0 Å². The van der Waals surface area contributed by atoms with Gasteiger partial charge in [0, 0.05) is 19.2 Å². The zero-order valence-electron chi connectivity index (χ0n) is 10.5. The van der Waals surface area contributed by atoms with Gasteiger partial charge >= 0.3 is 0 Å². The van der Waals surface area contributed by atoms with Crippen molar-refractivity contribution in [3.8, 4) is 0 Å². The number of aromatic nitrogens is 2. The number of nitrogen functional groups attached to an aromatic ring is 1. The number of nitrogens with zero attached hydrogens (tertiary/aromatic N) is 3. The van der Waals surface area contributed by atoms with Crippen LogP contribution in [0.3, 0.4) is 0 Å². The van der Waals surface area contributed by atoms with Crippen molar-refractivity contribution in [2.45, 2.75) is 25.7 Å². The number of nitrogens with two attached hydrogens (primary N) is 1. The van der Waals surface area contributed by atoms with Crippen LogP contribution in [0, 0.1) is 0 Å². The smallest absolute Gasteiger partial charge is 0.225 e. The number of likely N-dealkylation sites (tertiary alicyclic amines) is 1. The number of rotatable bonds is 4. The Labute approximate surface area is 116 Å². The lowest BCUT2D eigenvalue weighted by molar-refractivity contribution is 0.296. The van der Waals surface area contributed by atoms with E-state index < -0.39 is 0 Å². The van der Waals surface area contributed by atoms with Crippen LogP contribution in [0.1, 0.15) is 25.7 Å². The molecule has 0 saturated carbocycles. The molecule has 3 N–H and O–H groups in total. The van der Waals surface area contributed by atoms with Crippen molar-refractivity contribution >= 4 is 27.7 Å². The minimum atomic E-state index is 0.481. The predicted molar refractivity (Wildman–Crippen MR) is 77.5 cm³/mol. The lowest BCUT2D eigenvalue weighted by Crippen LogP contribution is -2.30. The zero-order valence-corrected chi connectivity index (χ0v) is 12.1. The summed E-state index contributed by atoms with van der Waals surface area (Å²) in [6.07, 6.45) is 5.38. The predicted octanol–water partition coefficient (Wildman–Crippen LogP) is 2.11. The third-order valence-electron chi connectivity index (χ3n) is 3.12. The first kappa shape index (κ1) is 13.5. The summed E-state index contributed by atoms with van der Waals surface area (Å²) in [6.45, 7) is 4.32. The Morgan fingerprint density at radius 2 is 1.94 bits per heavy atom. The average molecular weight is 314 g/mol. The fourth-order valence-electron chi connectivity index (χ4n) is 2.20. The number of hydrogen-bond donors (Lipinski definition) is 2. The average Bonchev–Trinajstić information content (AvgIpc) is 2.56. The summed E-state index contributed by atoms with van der Waals surface area (Å²) in [6, 6.07) is 1.69. The summed E-state index contributed by atoms with van der Waals surface area (Å²) >= 11 is 3.31. The van der Waals surface area contributed by atoms with E-state index in [0.717, 1.165) is 13.1 Å². The molecule has 2 rings (SSSR count). The summed E-state index contributed by atoms with van der Waals surface area (Å²) in [5.41, 5.74) is 5.66. The van der Waals surface area contributed by atoms with E-state index in [0.29, 0.717) is 16.4 Å². The summed E-state index contributed by atoms with van der Waals surface area (Å²) in [5, 5.41) is 3.22. The van der Waals surface area contributed by atoms with Gasteiger partial charge in [0.15, 0.2) is 0 Å². The van der Waals surface area contributed by atoms with Gasteiger partial charge in [-0.1, -0.05) is 12.8 Å². The Kier molecular flexibility index (Phi) is 5.19. The number of halogens is 1. The SMILES string of the molecule is Nc1cc(Br)nc(NCCN2CCCCCC2)n1. The summed E-state index contributed by atoms with van der Waals surface area (Å²) in [7, 11) is 0. The quantitative estimate of drug-likeness (QED) is 0.833. The monoisotopic (exact) mass is 313 g/mol. The molecule has 0 aromatic carbocycles. The van der Waals surface area contributed by atoms with E-state index in [1.54, 1.807) is 6.07 Å². The molecule has 0 bridgehead atoms. The molecule has 0 aliphatic carbocycles. The van der Waals surface area contributed by atoms with Gasteiger partial charge in [-0.25, -0.2) is 4.98 Å². The molecule has 1 saturated heterocycles. The summed E-state index contributed by atoms with van der Waals surface area (Å²) in [5.74, 6) is 1.07. The molecule has 0 atom stereocenters. The first-order chi connectivity index (χ1) is 8.74. The topological polar surface area (TPSA) is 67.1 Å². The minimum absolute atomic E-state index is 0.481. The van der Waals surface area contributed by atoms with Crippen LogP contribution >= 0.6 is 15.9 Å². The van der Waals surface area contributed by atoms with Gasteiger partial charge in [0.2, 0.25) is 5.95 Å². The molecule has 1 fully saturated rings. The maximum absolute atomic E-state index is 5.66. The molecule has 1 aliphatic heterocycles. The van der Waals surface area contributed by atoms with Gasteiger partial charge in [-0.2, -0.15) is 4.98 Å². The molecule has 5 nitrogen and oxygen atoms in total. The van der Waals surface area contributed by atoms with Crippen LogP contribution in [0.25, 0.3) is 0 Å². The van der Waals surface area contributed by atoms with Crippen LogP contribution in [-0.4, -0.2) is 41.0 Å². The van der Waals surface area contributed by atoms with E-state index in [2.05, 4.69) is 36.1 Å². The molecule has 0 spiro atoms. The number of nitrogens with one attached hydrogen (secondary N) is 1. The van der Waals surface area contributed by atoms with Gasteiger partial charge in [0.05, 0.1) is 0 Å². The number of hydrogen-bond acceptors (Lipinski definition) is 5. The van der Waals surface area contributed by atoms with E-state index in [4.69, 9.17) is 5.73 Å². The third kappa shape index (κ3) is 4.42. The fraction of sp³-hybridized carbons (Fsp3) is 0.667. The summed E-state index contributed by atoms with van der Waals surface area (Å²) < 4.78 is 0.715. The molecule has 0 radical (unpaired) electrons. The molecule has 1 aromatic rings. The van der Waals surface area contributed by atoms with Crippen LogP contribution in [-0.2, 0) is 0 Å². The molecular formula is C12H20BrN5. The highest BCUT2D eigenvalue weighted by atomic mass is 79.9. The third-order valence-corrected chi connectivity index (χ3v) is 3.53. The van der Waals surface area contributed by atoms with Crippen LogP contribution in [0.4, 0.5) is 11.8 Å². The Hall–Kier alpha value is -0.880. The van der Waals surface area contributed by atoms with Gasteiger partial charge in [-0.15, -0.1) is 0 Å². The second-order valence-corrected chi connectivity index (χ2v) is 5.43. The lowest BCUT2D eigenvalue weighted by Gasteiger charge is -2.19. The first-order valence-corrected chi connectivity index (χ1v) is 7.29. The maximum atomic E-state index is 5.66. The largest absolute Gasteiger partial charge is 0.383 e. The normalized spacial score (nSPS) is 17.4.